The minimum absolute atomic E-state index is 0.182. The van der Waals surface area contributed by atoms with Crippen LogP contribution in [0.15, 0.2) is 70.0 Å². The highest BCUT2D eigenvalue weighted by molar-refractivity contribution is 6.05. The molecule has 0 aliphatic carbocycles. The first kappa shape index (κ1) is 22.6. The molecule has 0 bridgehead atoms. The van der Waals surface area contributed by atoms with Crippen LogP contribution in [0.3, 0.4) is 0 Å². The fraction of sp³-hybridized carbons (Fsp3) is 0.167. The van der Waals surface area contributed by atoms with Crippen LogP contribution in [-0.2, 0) is 11.8 Å². The van der Waals surface area contributed by atoms with Crippen LogP contribution in [-0.4, -0.2) is 32.9 Å². The highest BCUT2D eigenvalue weighted by Crippen LogP contribution is 2.17. The Labute approximate surface area is 194 Å². The second-order valence-corrected chi connectivity index (χ2v) is 7.58. The van der Waals surface area contributed by atoms with E-state index in [1.165, 1.54) is 10.7 Å². The van der Waals surface area contributed by atoms with Crippen molar-refractivity contribution in [1.29, 1.82) is 0 Å². The van der Waals surface area contributed by atoms with E-state index in [0.29, 0.717) is 22.8 Å². The molecule has 10 nitrogen and oxygen atoms in total. The van der Waals surface area contributed by atoms with Crippen LogP contribution in [0.5, 0.6) is 5.88 Å². The summed E-state index contributed by atoms with van der Waals surface area (Å²) in [4.78, 5) is 38.1. The first-order chi connectivity index (χ1) is 16.3. The van der Waals surface area contributed by atoms with Crippen LogP contribution in [0.25, 0.3) is 5.69 Å². The summed E-state index contributed by atoms with van der Waals surface area (Å²) < 4.78 is 13.3. The first-order valence-corrected chi connectivity index (χ1v) is 10.4. The van der Waals surface area contributed by atoms with Crippen LogP contribution in [0, 0.1) is 13.8 Å². The van der Waals surface area contributed by atoms with Crippen LogP contribution in [0.1, 0.15) is 21.8 Å². The number of para-hydroxylation sites is 1. The Morgan fingerprint density at radius 1 is 1.03 bits per heavy atom. The molecule has 2 amide bonds. The van der Waals surface area contributed by atoms with Crippen LogP contribution in [0.4, 0.5) is 11.4 Å². The Morgan fingerprint density at radius 2 is 1.79 bits per heavy atom. The number of rotatable bonds is 7. The molecular weight excluding hydrogens is 438 g/mol. The van der Waals surface area contributed by atoms with Gasteiger partial charge < -0.3 is 19.9 Å². The zero-order chi connectivity index (χ0) is 24.2. The number of hydrogen-bond acceptors (Lipinski definition) is 6. The predicted molar refractivity (Wildman–Crippen MR) is 126 cm³/mol. The van der Waals surface area contributed by atoms with E-state index in [-0.39, 0.29) is 29.3 Å². The smallest absolute Gasteiger partial charge is 0.295 e. The Kier molecular flexibility index (Phi) is 6.30. The molecule has 0 spiro atoms. The van der Waals surface area contributed by atoms with Crippen molar-refractivity contribution in [1.82, 2.24) is 14.5 Å². The van der Waals surface area contributed by atoms with Gasteiger partial charge in [0.2, 0.25) is 0 Å². The Morgan fingerprint density at radius 3 is 2.50 bits per heavy atom. The molecule has 2 aromatic carbocycles. The van der Waals surface area contributed by atoms with Crippen molar-refractivity contribution in [2.45, 2.75) is 13.8 Å². The topological polar surface area (TPSA) is 120 Å². The number of amides is 2. The summed E-state index contributed by atoms with van der Waals surface area (Å²) in [5.74, 6) is -0.127. The Balaban J connectivity index is 1.47. The molecule has 10 heteroatoms. The first-order valence-electron chi connectivity index (χ1n) is 10.4. The number of hydrogen-bond donors (Lipinski definition) is 2. The van der Waals surface area contributed by atoms with Gasteiger partial charge in [0.1, 0.15) is 11.4 Å². The SMILES string of the molecule is Cc1cc(OCC(=O)Nc2cccc(C(=O)Nc3c(C)n(C)n(-c4ccccc4)c3=O)c2)no1. The number of benzene rings is 2. The van der Waals surface area contributed by atoms with Crippen molar-refractivity contribution in [3.63, 3.8) is 0 Å². The number of nitrogens with zero attached hydrogens (tertiary/aromatic N) is 3. The second kappa shape index (κ2) is 9.49. The number of aromatic nitrogens is 3. The maximum Gasteiger partial charge on any atom is 0.295 e. The number of carbonyl (C=O) groups is 2. The third-order valence-electron chi connectivity index (χ3n) is 5.16. The summed E-state index contributed by atoms with van der Waals surface area (Å²) in [6.45, 7) is 3.19. The molecule has 0 unspecified atom stereocenters. The summed E-state index contributed by atoms with van der Waals surface area (Å²) in [5, 5.41) is 9.02. The third kappa shape index (κ3) is 4.75. The van der Waals surface area contributed by atoms with E-state index >= 15 is 0 Å². The van der Waals surface area contributed by atoms with Crippen LogP contribution >= 0.6 is 0 Å². The maximum absolute atomic E-state index is 13.0. The zero-order valence-corrected chi connectivity index (χ0v) is 18.9. The highest BCUT2D eigenvalue weighted by atomic mass is 16.5. The van der Waals surface area contributed by atoms with Gasteiger partial charge in [-0.1, -0.05) is 24.3 Å². The molecule has 2 aromatic heterocycles. The molecule has 34 heavy (non-hydrogen) atoms. The number of aryl methyl sites for hydroxylation is 1. The standard InChI is InChI=1S/C24H23N5O5/c1-15-12-21(27-34-15)33-14-20(30)25-18-9-7-8-17(13-18)23(31)26-22-16(2)28(3)29(24(22)32)19-10-5-4-6-11-19/h4-13H,14H2,1-3H3,(H,25,30)(H,26,31). The van der Waals surface area contributed by atoms with E-state index < -0.39 is 11.8 Å². The van der Waals surface area contributed by atoms with Gasteiger partial charge in [-0.3, -0.25) is 19.1 Å². The van der Waals surface area contributed by atoms with Gasteiger partial charge in [0.05, 0.1) is 11.4 Å². The van der Waals surface area contributed by atoms with Gasteiger partial charge in [0, 0.05) is 24.4 Å². The molecule has 0 saturated heterocycles. The van der Waals surface area contributed by atoms with Crippen molar-refractivity contribution in [3.8, 4) is 11.6 Å². The van der Waals surface area contributed by atoms with Gasteiger partial charge in [-0.25, -0.2) is 4.68 Å². The average molecular weight is 461 g/mol. The molecule has 0 aliphatic heterocycles. The predicted octanol–water partition coefficient (Wildman–Crippen LogP) is 3.05. The van der Waals surface area contributed by atoms with Crippen molar-refractivity contribution in [2.75, 3.05) is 17.2 Å². The number of carbonyl (C=O) groups excluding carboxylic acids is 2. The molecule has 0 atom stereocenters. The summed E-state index contributed by atoms with van der Waals surface area (Å²) in [6, 6.07) is 17.1. The van der Waals surface area contributed by atoms with Gasteiger partial charge in [-0.15, -0.1) is 0 Å². The van der Waals surface area contributed by atoms with Crippen molar-refractivity contribution < 1.29 is 18.8 Å². The maximum atomic E-state index is 13.0. The Hall–Kier alpha value is -4.60. The molecule has 0 saturated carbocycles. The molecule has 4 rings (SSSR count). The summed E-state index contributed by atoms with van der Waals surface area (Å²) in [7, 11) is 1.75. The molecule has 0 fully saturated rings. The molecular formula is C24H23N5O5. The zero-order valence-electron chi connectivity index (χ0n) is 18.9. The lowest BCUT2D eigenvalue weighted by Gasteiger charge is -2.08. The highest BCUT2D eigenvalue weighted by Gasteiger charge is 2.19. The number of ether oxygens (including phenoxy) is 1. The molecule has 2 heterocycles. The monoisotopic (exact) mass is 461 g/mol. The molecule has 0 aliphatic rings. The fourth-order valence-electron chi connectivity index (χ4n) is 3.38. The van der Waals surface area contributed by atoms with Crippen molar-refractivity contribution >= 4 is 23.2 Å². The van der Waals surface area contributed by atoms with Crippen LogP contribution in [0.2, 0.25) is 0 Å². The Bertz CT molecular complexity index is 1400. The summed E-state index contributed by atoms with van der Waals surface area (Å²) >= 11 is 0. The summed E-state index contributed by atoms with van der Waals surface area (Å²) in [6.07, 6.45) is 0. The quantitative estimate of drug-likeness (QED) is 0.436. The molecule has 0 radical (unpaired) electrons. The van der Waals surface area contributed by atoms with Gasteiger partial charge >= 0.3 is 0 Å². The van der Waals surface area contributed by atoms with E-state index in [1.807, 2.05) is 30.3 Å². The van der Waals surface area contributed by atoms with E-state index in [4.69, 9.17) is 9.26 Å². The van der Waals surface area contributed by atoms with E-state index in [2.05, 4.69) is 15.8 Å². The van der Waals surface area contributed by atoms with Crippen molar-refractivity contribution in [3.05, 3.63) is 88.0 Å². The van der Waals surface area contributed by atoms with E-state index in [1.54, 1.807) is 49.8 Å². The minimum Gasteiger partial charge on any atom is -0.465 e. The number of anilines is 2. The van der Waals surface area contributed by atoms with Gasteiger partial charge in [-0.05, 0) is 49.3 Å². The normalized spacial score (nSPS) is 10.7. The van der Waals surface area contributed by atoms with Gasteiger partial charge in [0.25, 0.3) is 23.3 Å². The average Bonchev–Trinajstić information content (AvgIpc) is 3.34. The lowest BCUT2D eigenvalue weighted by molar-refractivity contribution is -0.118. The molecule has 4 aromatic rings. The fourth-order valence-corrected chi connectivity index (χ4v) is 3.38. The number of nitrogens with one attached hydrogen (secondary N) is 2. The second-order valence-electron chi connectivity index (χ2n) is 7.58. The lowest BCUT2D eigenvalue weighted by atomic mass is 10.2. The minimum atomic E-state index is -0.476. The molecule has 2 N–H and O–H groups in total. The lowest BCUT2D eigenvalue weighted by Crippen LogP contribution is -2.23. The van der Waals surface area contributed by atoms with Gasteiger partial charge in [0.15, 0.2) is 6.61 Å². The van der Waals surface area contributed by atoms with Gasteiger partial charge in [-0.2, -0.15) is 0 Å². The van der Waals surface area contributed by atoms with Crippen LogP contribution < -0.4 is 20.9 Å². The molecule has 174 valence electrons. The largest absolute Gasteiger partial charge is 0.465 e. The van der Waals surface area contributed by atoms with E-state index in [0.717, 1.165) is 0 Å². The van der Waals surface area contributed by atoms with E-state index in [9.17, 15) is 14.4 Å². The van der Waals surface area contributed by atoms with Crippen molar-refractivity contribution in [2.24, 2.45) is 7.05 Å². The third-order valence-corrected chi connectivity index (χ3v) is 5.16. The summed E-state index contributed by atoms with van der Waals surface area (Å²) in [5.41, 5.74) is 1.81.